The Morgan fingerprint density at radius 2 is 1.27 bits per heavy atom. The quantitative estimate of drug-likeness (QED) is 0.131. The Balaban J connectivity index is 0.000000275. The Morgan fingerprint density at radius 3 is 1.70 bits per heavy atom. The molecule has 16 nitrogen and oxygen atoms in total. The summed E-state index contributed by atoms with van der Waals surface area (Å²) in [7, 11) is 0. The zero-order valence-corrected chi connectivity index (χ0v) is 39.1. The van der Waals surface area contributed by atoms with E-state index in [2.05, 4.69) is 16.2 Å². The van der Waals surface area contributed by atoms with E-state index in [0.29, 0.717) is 45.1 Å². The van der Waals surface area contributed by atoms with Crippen LogP contribution in [-0.4, -0.2) is 62.3 Å². The average molecular weight is 958 g/mol. The summed E-state index contributed by atoms with van der Waals surface area (Å²) >= 11 is 0. The number of nitrogen functional groups attached to an aromatic ring is 2. The molecule has 2 saturated carbocycles. The summed E-state index contributed by atoms with van der Waals surface area (Å²) in [5.41, 5.74) is 9.99. The molecular weight excluding hydrogens is 900 g/mol. The number of rotatable bonds is 7. The third-order valence-corrected chi connectivity index (χ3v) is 12.8. The molecule has 4 atom stereocenters. The van der Waals surface area contributed by atoms with Crippen molar-refractivity contribution in [1.82, 2.24) is 23.8 Å². The number of nitrogens with one attached hydrogen (secondary N) is 1. The summed E-state index contributed by atoms with van der Waals surface area (Å²) in [5.74, 6) is 8.92. The minimum atomic E-state index is -1.12. The molecule has 4 aromatic rings. The van der Waals surface area contributed by atoms with E-state index in [1.807, 2.05) is 32.6 Å². The van der Waals surface area contributed by atoms with Crippen LogP contribution < -0.4 is 55.9 Å². The minimum absolute atomic E-state index is 0. The summed E-state index contributed by atoms with van der Waals surface area (Å²) in [6.07, 6.45) is 5.01. The van der Waals surface area contributed by atoms with Crippen molar-refractivity contribution in [1.29, 1.82) is 5.26 Å². The Hall–Kier alpha value is -4.76. The number of hydrogen-bond acceptors (Lipinski definition) is 11. The van der Waals surface area contributed by atoms with Gasteiger partial charge in [0.2, 0.25) is 5.54 Å². The van der Waals surface area contributed by atoms with Crippen molar-refractivity contribution in [3.8, 4) is 6.07 Å². The van der Waals surface area contributed by atoms with Crippen LogP contribution in [0.1, 0.15) is 89.4 Å². The monoisotopic (exact) mass is 956 g/mol. The van der Waals surface area contributed by atoms with Crippen molar-refractivity contribution in [3.05, 3.63) is 93.8 Å². The second kappa shape index (κ2) is 20.2. The fraction of sp³-hybridized carbons (Fsp3) is 0.571. The highest BCUT2D eigenvalue weighted by Crippen LogP contribution is 2.40. The lowest BCUT2D eigenvalue weighted by molar-refractivity contribution is 0.292. The Kier molecular flexibility index (Phi) is 16.9. The molecule has 0 bridgehead atoms. The maximum Gasteiger partial charge on any atom is 0.350 e. The third-order valence-electron chi connectivity index (χ3n) is 12.8. The molecule has 2 aliphatic carbocycles. The van der Waals surface area contributed by atoms with Gasteiger partial charge in [-0.3, -0.25) is 18.7 Å². The second-order valence-electron chi connectivity index (χ2n) is 17.9. The van der Waals surface area contributed by atoms with Crippen molar-refractivity contribution in [2.75, 3.05) is 42.8 Å². The molecule has 2 aliphatic heterocycles. The molecule has 2 aromatic carbocycles. The number of aryl methyl sites for hydroxylation is 2. The van der Waals surface area contributed by atoms with Gasteiger partial charge in [-0.1, -0.05) is 0 Å². The van der Waals surface area contributed by atoms with Crippen LogP contribution in [0.4, 0.5) is 18.9 Å². The maximum atomic E-state index is 15.2. The van der Waals surface area contributed by atoms with Crippen LogP contribution in [0.3, 0.4) is 0 Å². The molecule has 8 rings (SSSR count). The van der Waals surface area contributed by atoms with Crippen molar-refractivity contribution in [2.24, 2.45) is 28.7 Å². The predicted octanol–water partition coefficient (Wildman–Crippen LogP) is 4.05. The van der Waals surface area contributed by atoms with Gasteiger partial charge < -0.3 is 38.2 Å². The van der Waals surface area contributed by atoms with E-state index < -0.39 is 50.9 Å². The molecule has 352 valence electrons. The van der Waals surface area contributed by atoms with Crippen LogP contribution >= 0.6 is 37.2 Å². The SMILES string of the molecule is CC(C)(C#N)C(N)C1CCNC1.Cc1c(F)c(F)cc2c(=O)n(N)c(=O)n(C3CC3)c12.Cl.Cl.Cl.[C-]#[N+]C(C)(C)C(N)C1CCN(c2c(F)cc3c(=O)n(N)c(=O)n(C4CC4)c3c2C)C1. The molecular formula is C42H58Cl3F3N12O4. The smallest absolute Gasteiger partial charge is 0.350 e. The number of aromatic nitrogens is 4. The van der Waals surface area contributed by atoms with Gasteiger partial charge in [-0.15, -0.1) is 37.2 Å². The first-order chi connectivity index (χ1) is 28.6. The van der Waals surface area contributed by atoms with Crippen LogP contribution in [0.25, 0.3) is 26.7 Å². The van der Waals surface area contributed by atoms with Gasteiger partial charge >= 0.3 is 11.4 Å². The average Bonchev–Trinajstić information content (AvgIpc) is 4.15. The van der Waals surface area contributed by atoms with Gasteiger partial charge in [0, 0.05) is 62.1 Å². The lowest BCUT2D eigenvalue weighted by Crippen LogP contribution is -2.47. The van der Waals surface area contributed by atoms with E-state index in [9.17, 15) is 28.0 Å². The van der Waals surface area contributed by atoms with E-state index in [0.717, 1.165) is 57.7 Å². The zero-order valence-electron chi connectivity index (χ0n) is 36.6. The normalized spacial score (nSPS) is 19.1. The molecule has 22 heteroatoms. The summed E-state index contributed by atoms with van der Waals surface area (Å²) in [4.78, 5) is 54.7. The molecule has 0 spiro atoms. The van der Waals surface area contributed by atoms with Crippen molar-refractivity contribution in [2.45, 2.75) is 110 Å². The molecule has 64 heavy (non-hydrogen) atoms. The van der Waals surface area contributed by atoms with Crippen LogP contribution in [0.15, 0.2) is 31.3 Å². The van der Waals surface area contributed by atoms with Crippen molar-refractivity contribution < 1.29 is 13.2 Å². The van der Waals surface area contributed by atoms with Crippen LogP contribution in [-0.2, 0) is 0 Å². The number of anilines is 1. The fourth-order valence-corrected chi connectivity index (χ4v) is 8.62. The fourth-order valence-electron chi connectivity index (χ4n) is 8.62. The minimum Gasteiger partial charge on any atom is -0.369 e. The maximum absolute atomic E-state index is 15.2. The first-order valence-corrected chi connectivity index (χ1v) is 20.5. The number of benzene rings is 2. The summed E-state index contributed by atoms with van der Waals surface area (Å²) in [6, 6.07) is 3.79. The largest absolute Gasteiger partial charge is 0.369 e. The van der Waals surface area contributed by atoms with Gasteiger partial charge in [-0.25, -0.2) is 29.3 Å². The first kappa shape index (κ1) is 53.6. The van der Waals surface area contributed by atoms with E-state index >= 15 is 4.39 Å². The van der Waals surface area contributed by atoms with Crippen molar-refractivity contribution in [3.63, 3.8) is 0 Å². The molecule has 4 unspecified atom stereocenters. The zero-order chi connectivity index (χ0) is 45.0. The molecule has 4 heterocycles. The highest BCUT2D eigenvalue weighted by Gasteiger charge is 2.42. The summed E-state index contributed by atoms with van der Waals surface area (Å²) < 4.78 is 46.1. The second-order valence-corrected chi connectivity index (χ2v) is 17.9. The standard InChI is InChI=1S/C21H27FN6O2.C12H11F2N3O2.C9H17N3.3ClH/c1-11-16-14(19(29)28(24)20(30)27(16)13-5-6-13)9-15(22)17(11)26-8-7-12(10-26)18(23)21(2,3)25-4;1-5-9(14)8(13)4-7-10(5)16(6-2-3-6)12(19)17(15)11(7)18;1-9(2,6-10)8(11)7-3-4-12-5-7;;;/h9,12-13,18H,5-8,10,23-24H2,1-3H3;4,6H,2-3,15H2,1H3;7-8,12H,3-5,11H2,1-2H3;3*1H. The molecule has 4 fully saturated rings. The topological polar surface area (TPSA) is 236 Å². The number of fused-ring (bicyclic) bond motifs is 2. The summed E-state index contributed by atoms with van der Waals surface area (Å²) in [6.45, 7) is 21.1. The van der Waals surface area contributed by atoms with Gasteiger partial charge in [-0.05, 0) is 97.4 Å². The Morgan fingerprint density at radius 1 is 0.781 bits per heavy atom. The van der Waals surface area contributed by atoms with E-state index in [1.165, 1.54) is 22.1 Å². The van der Waals surface area contributed by atoms with E-state index in [4.69, 9.17) is 35.0 Å². The van der Waals surface area contributed by atoms with Gasteiger partial charge in [0.1, 0.15) is 5.82 Å². The molecule has 0 radical (unpaired) electrons. The van der Waals surface area contributed by atoms with Gasteiger partial charge in [0.15, 0.2) is 11.6 Å². The lowest BCUT2D eigenvalue weighted by atomic mass is 9.79. The number of hydrogen-bond donors (Lipinski definition) is 5. The lowest BCUT2D eigenvalue weighted by Gasteiger charge is -2.28. The number of nitrogens with zero attached hydrogens (tertiary/aromatic N) is 7. The number of nitrogens with two attached hydrogens (primary N) is 4. The Labute approximate surface area is 386 Å². The molecule has 2 aromatic heterocycles. The molecule has 9 N–H and O–H groups in total. The molecule has 4 aliphatic rings. The highest BCUT2D eigenvalue weighted by molar-refractivity contribution is 5.87. The van der Waals surface area contributed by atoms with Gasteiger partial charge in [0.25, 0.3) is 11.1 Å². The molecule has 2 saturated heterocycles. The van der Waals surface area contributed by atoms with E-state index in [1.54, 1.807) is 6.92 Å². The molecule has 0 amide bonds. The number of halogens is 6. The Bertz CT molecular complexity index is 2730. The van der Waals surface area contributed by atoms with Crippen LogP contribution in [0, 0.1) is 66.5 Å². The third kappa shape index (κ3) is 9.90. The van der Waals surface area contributed by atoms with E-state index in [-0.39, 0.29) is 89.2 Å². The summed E-state index contributed by atoms with van der Waals surface area (Å²) in [5, 5.41) is 12.2. The predicted molar refractivity (Wildman–Crippen MR) is 250 cm³/mol. The van der Waals surface area contributed by atoms with Gasteiger partial charge in [-0.2, -0.15) is 14.6 Å². The van der Waals surface area contributed by atoms with Crippen LogP contribution in [0.5, 0.6) is 0 Å². The first-order valence-electron chi connectivity index (χ1n) is 20.5. The van der Waals surface area contributed by atoms with Gasteiger partial charge in [0.05, 0.1) is 45.0 Å². The highest BCUT2D eigenvalue weighted by atomic mass is 35.5. The van der Waals surface area contributed by atoms with Crippen LogP contribution in [0.2, 0.25) is 0 Å². The number of nitriles is 1. The van der Waals surface area contributed by atoms with Crippen molar-refractivity contribution >= 4 is 64.7 Å².